The van der Waals surface area contributed by atoms with Crippen molar-refractivity contribution in [3.63, 3.8) is 0 Å². The standard InChI is InChI=1S/C12H20O8Si/c1-9(13)5-17-21(18-6-10(2)14,19-7-11(3)15)20-8-12(4)16/h5-8H2,1-4H3. The van der Waals surface area contributed by atoms with Gasteiger partial charge >= 0.3 is 9.05 Å². The molecule has 0 radical (unpaired) electrons. The van der Waals surface area contributed by atoms with Gasteiger partial charge in [0, 0.05) is 0 Å². The number of carbonyl (C=O) groups is 4. The van der Waals surface area contributed by atoms with Crippen molar-refractivity contribution in [3.8, 4) is 0 Å². The SMILES string of the molecule is CC(=O)CO[Si](OCC(C)=O)(OCC(C)=O)OCC(C)=O. The summed E-state index contributed by atoms with van der Waals surface area (Å²) in [5, 5.41) is 0. The van der Waals surface area contributed by atoms with Crippen molar-refractivity contribution in [2.45, 2.75) is 27.7 Å². The average molecular weight is 320 g/mol. The zero-order chi connectivity index (χ0) is 16.5. The smallest absolute Gasteiger partial charge is 0.344 e. The number of ketones is 4. The summed E-state index contributed by atoms with van der Waals surface area (Å²) >= 11 is 0. The third kappa shape index (κ3) is 10.2. The monoisotopic (exact) mass is 320 g/mol. The minimum Gasteiger partial charge on any atom is -0.344 e. The van der Waals surface area contributed by atoms with Gasteiger partial charge in [-0.2, -0.15) is 0 Å². The van der Waals surface area contributed by atoms with E-state index in [1.54, 1.807) is 0 Å². The van der Waals surface area contributed by atoms with Gasteiger partial charge in [0.15, 0.2) is 23.1 Å². The molecule has 21 heavy (non-hydrogen) atoms. The lowest BCUT2D eigenvalue weighted by atomic mass is 10.5. The van der Waals surface area contributed by atoms with Crippen molar-refractivity contribution in [1.29, 1.82) is 0 Å². The molecule has 0 unspecified atom stereocenters. The van der Waals surface area contributed by atoms with Gasteiger partial charge in [-0.1, -0.05) is 0 Å². The maximum atomic E-state index is 11.0. The van der Waals surface area contributed by atoms with Crippen LogP contribution in [0, 0.1) is 0 Å². The highest BCUT2D eigenvalue weighted by Gasteiger charge is 2.47. The molecule has 0 spiro atoms. The van der Waals surface area contributed by atoms with Crippen molar-refractivity contribution < 1.29 is 36.9 Å². The van der Waals surface area contributed by atoms with Gasteiger partial charge in [0.1, 0.15) is 0 Å². The minimum absolute atomic E-state index is 0.323. The first-order chi connectivity index (χ1) is 9.67. The average Bonchev–Trinajstić information content (AvgIpc) is 2.36. The largest absolute Gasteiger partial charge is 0.681 e. The van der Waals surface area contributed by atoms with E-state index in [9.17, 15) is 19.2 Å². The highest BCUT2D eigenvalue weighted by atomic mass is 28.4. The Morgan fingerprint density at radius 2 is 0.762 bits per heavy atom. The van der Waals surface area contributed by atoms with Crippen LogP contribution in [0.5, 0.6) is 0 Å². The Kier molecular flexibility index (Phi) is 9.05. The number of hydrogen-bond acceptors (Lipinski definition) is 8. The lowest BCUT2D eigenvalue weighted by Gasteiger charge is -2.26. The lowest BCUT2D eigenvalue weighted by Crippen LogP contribution is -2.52. The van der Waals surface area contributed by atoms with Crippen molar-refractivity contribution in [2.24, 2.45) is 0 Å². The summed E-state index contributed by atoms with van der Waals surface area (Å²) in [4.78, 5) is 44.1. The van der Waals surface area contributed by atoms with Crippen LogP contribution in [0.4, 0.5) is 0 Å². The molecule has 0 saturated carbocycles. The van der Waals surface area contributed by atoms with Gasteiger partial charge in [-0.05, 0) is 27.7 Å². The summed E-state index contributed by atoms with van der Waals surface area (Å²) in [5.74, 6) is -1.29. The zero-order valence-electron chi connectivity index (χ0n) is 12.6. The Labute approximate surface area is 124 Å². The first-order valence-corrected chi connectivity index (χ1v) is 7.83. The van der Waals surface area contributed by atoms with Crippen molar-refractivity contribution in [3.05, 3.63) is 0 Å². The van der Waals surface area contributed by atoms with Gasteiger partial charge in [0.25, 0.3) is 0 Å². The zero-order valence-corrected chi connectivity index (χ0v) is 13.6. The Morgan fingerprint density at radius 3 is 0.905 bits per heavy atom. The van der Waals surface area contributed by atoms with E-state index in [0.29, 0.717) is 0 Å². The molecule has 0 heterocycles. The second-order valence-corrected chi connectivity index (χ2v) is 6.62. The molecule has 0 aliphatic carbocycles. The molecule has 0 aromatic carbocycles. The topological polar surface area (TPSA) is 105 Å². The molecule has 9 heteroatoms. The predicted molar refractivity (Wildman–Crippen MR) is 72.3 cm³/mol. The second kappa shape index (κ2) is 9.63. The van der Waals surface area contributed by atoms with Gasteiger partial charge in [0.2, 0.25) is 0 Å². The van der Waals surface area contributed by atoms with Crippen LogP contribution >= 0.6 is 0 Å². The molecule has 0 amide bonds. The highest BCUT2D eigenvalue weighted by Crippen LogP contribution is 2.13. The van der Waals surface area contributed by atoms with Crippen LogP contribution in [0.25, 0.3) is 0 Å². The van der Waals surface area contributed by atoms with E-state index in [1.807, 2.05) is 0 Å². The van der Waals surface area contributed by atoms with Crippen LogP contribution in [0.3, 0.4) is 0 Å². The molecule has 120 valence electrons. The van der Waals surface area contributed by atoms with E-state index in [-0.39, 0.29) is 49.6 Å². The van der Waals surface area contributed by atoms with Gasteiger partial charge in [-0.3, -0.25) is 19.2 Å². The first-order valence-electron chi connectivity index (χ1n) is 6.20. The van der Waals surface area contributed by atoms with Gasteiger partial charge in [0.05, 0.1) is 26.4 Å². The summed E-state index contributed by atoms with van der Waals surface area (Å²) < 4.78 is 20.8. The lowest BCUT2D eigenvalue weighted by molar-refractivity contribution is -0.130. The number of Topliss-reactive ketones (excluding diaryl/α,β-unsaturated/α-hetero) is 4. The molecule has 0 atom stereocenters. The Balaban J connectivity index is 5.02. The summed E-state index contributed by atoms with van der Waals surface area (Å²) in [6.45, 7) is 3.61. The Bertz CT molecular complexity index is 329. The molecule has 8 nitrogen and oxygen atoms in total. The molecular formula is C12H20O8Si. The summed E-state index contributed by atoms with van der Waals surface area (Å²) in [6, 6.07) is 0. The van der Waals surface area contributed by atoms with E-state index in [0.717, 1.165) is 0 Å². The minimum atomic E-state index is -3.93. The van der Waals surface area contributed by atoms with Gasteiger partial charge in [-0.15, -0.1) is 0 Å². The molecule has 0 aliphatic rings. The van der Waals surface area contributed by atoms with Crippen molar-refractivity contribution in [1.82, 2.24) is 0 Å². The maximum absolute atomic E-state index is 11.0. The fraction of sp³-hybridized carbons (Fsp3) is 0.667. The van der Waals surface area contributed by atoms with Crippen LogP contribution in [0.1, 0.15) is 27.7 Å². The van der Waals surface area contributed by atoms with E-state index in [4.69, 9.17) is 17.7 Å². The fourth-order valence-corrected chi connectivity index (χ4v) is 3.03. The molecule has 0 bridgehead atoms. The van der Waals surface area contributed by atoms with E-state index in [2.05, 4.69) is 0 Å². The summed E-state index contributed by atoms with van der Waals surface area (Å²) in [7, 11) is -3.93. The first kappa shape index (κ1) is 19.7. The van der Waals surface area contributed by atoms with E-state index < -0.39 is 9.05 Å². The van der Waals surface area contributed by atoms with Crippen LogP contribution < -0.4 is 0 Å². The quantitative estimate of drug-likeness (QED) is 0.457. The van der Waals surface area contributed by atoms with Crippen molar-refractivity contribution >= 4 is 32.2 Å². The van der Waals surface area contributed by atoms with Gasteiger partial charge < -0.3 is 17.7 Å². The molecule has 0 aromatic heterocycles. The molecule has 0 aliphatic heterocycles. The number of hydrogen-bond donors (Lipinski definition) is 0. The van der Waals surface area contributed by atoms with Crippen LogP contribution in [-0.4, -0.2) is 58.6 Å². The molecule has 0 aromatic rings. The van der Waals surface area contributed by atoms with Crippen LogP contribution in [0.15, 0.2) is 0 Å². The third-order valence-electron chi connectivity index (χ3n) is 1.81. The molecule has 0 saturated heterocycles. The fourth-order valence-electron chi connectivity index (χ4n) is 1.01. The molecule has 0 N–H and O–H groups in total. The molecule has 0 rings (SSSR count). The Morgan fingerprint density at radius 1 is 0.571 bits per heavy atom. The highest BCUT2D eigenvalue weighted by molar-refractivity contribution is 6.54. The molecular weight excluding hydrogens is 300 g/mol. The molecule has 0 fully saturated rings. The van der Waals surface area contributed by atoms with Crippen LogP contribution in [0.2, 0.25) is 0 Å². The normalized spacial score (nSPS) is 11.2. The van der Waals surface area contributed by atoms with E-state index >= 15 is 0 Å². The Hall–Kier alpha value is -1.26. The maximum Gasteiger partial charge on any atom is 0.681 e. The third-order valence-corrected chi connectivity index (χ3v) is 3.80. The van der Waals surface area contributed by atoms with Gasteiger partial charge in [-0.25, -0.2) is 0 Å². The number of carbonyl (C=O) groups excluding carboxylic acids is 4. The van der Waals surface area contributed by atoms with E-state index in [1.165, 1.54) is 27.7 Å². The number of rotatable bonds is 12. The summed E-state index contributed by atoms with van der Waals surface area (Å²) in [5.41, 5.74) is 0. The summed E-state index contributed by atoms with van der Waals surface area (Å²) in [6.07, 6.45) is 0. The predicted octanol–water partition coefficient (Wildman–Crippen LogP) is -0.156. The van der Waals surface area contributed by atoms with Crippen molar-refractivity contribution in [2.75, 3.05) is 26.4 Å². The second-order valence-electron chi connectivity index (χ2n) is 4.46. The van der Waals surface area contributed by atoms with Crippen LogP contribution in [-0.2, 0) is 36.9 Å².